The van der Waals surface area contributed by atoms with Gasteiger partial charge in [-0.25, -0.2) is 0 Å². The molecule has 10 nitrogen and oxygen atoms in total. The van der Waals surface area contributed by atoms with Crippen LogP contribution in [0.4, 0.5) is 5.69 Å². The molecule has 2 aromatic rings. The molecule has 3 aliphatic rings. The van der Waals surface area contributed by atoms with Crippen molar-refractivity contribution in [1.82, 2.24) is 10.2 Å². The zero-order valence-electron chi connectivity index (χ0n) is 17.8. The molecule has 3 heterocycles. The maximum atomic E-state index is 12.6. The van der Waals surface area contributed by atoms with Gasteiger partial charge in [0.05, 0.1) is 6.54 Å². The average molecular weight is 453 g/mol. The second-order valence-electron chi connectivity index (χ2n) is 7.96. The summed E-state index contributed by atoms with van der Waals surface area (Å²) >= 11 is 0. The van der Waals surface area contributed by atoms with Gasteiger partial charge < -0.3 is 34.5 Å². The van der Waals surface area contributed by atoms with Gasteiger partial charge in [-0.3, -0.25) is 14.4 Å². The van der Waals surface area contributed by atoms with Crippen molar-refractivity contribution < 1.29 is 33.3 Å². The Hall–Kier alpha value is -3.95. The van der Waals surface area contributed by atoms with Gasteiger partial charge in [0.2, 0.25) is 25.4 Å². The third-order valence-electron chi connectivity index (χ3n) is 5.89. The monoisotopic (exact) mass is 453 g/mol. The molecule has 0 aliphatic carbocycles. The molecule has 0 saturated carbocycles. The second kappa shape index (κ2) is 8.89. The quantitative estimate of drug-likeness (QED) is 0.709. The molecule has 2 aromatic carbocycles. The van der Waals surface area contributed by atoms with E-state index in [1.807, 2.05) is 0 Å². The van der Waals surface area contributed by atoms with Crippen molar-refractivity contribution >= 4 is 23.4 Å². The number of anilines is 1. The number of fused-ring (bicyclic) bond motifs is 2. The lowest BCUT2D eigenvalue weighted by Gasteiger charge is -2.31. The van der Waals surface area contributed by atoms with Gasteiger partial charge in [0.25, 0.3) is 5.91 Å². The topological polar surface area (TPSA) is 115 Å². The molecule has 0 atom stereocenters. The molecule has 3 aliphatic heterocycles. The number of piperidine rings is 1. The van der Waals surface area contributed by atoms with Crippen LogP contribution in [0.2, 0.25) is 0 Å². The van der Waals surface area contributed by atoms with E-state index < -0.39 is 0 Å². The van der Waals surface area contributed by atoms with Crippen LogP contribution < -0.4 is 29.6 Å². The number of carbonyl (C=O) groups is 3. The first kappa shape index (κ1) is 20.9. The number of nitrogens with one attached hydrogen (secondary N) is 2. The van der Waals surface area contributed by atoms with Crippen LogP contribution >= 0.6 is 0 Å². The van der Waals surface area contributed by atoms with Crippen LogP contribution in [0.3, 0.4) is 0 Å². The molecule has 1 saturated heterocycles. The zero-order chi connectivity index (χ0) is 22.8. The summed E-state index contributed by atoms with van der Waals surface area (Å²) in [6, 6.07) is 10.1. The van der Waals surface area contributed by atoms with Crippen LogP contribution in [0.1, 0.15) is 23.2 Å². The number of rotatable bonds is 5. The molecule has 33 heavy (non-hydrogen) atoms. The number of carbonyl (C=O) groups excluding carboxylic acids is 3. The Morgan fingerprint density at radius 2 is 1.48 bits per heavy atom. The van der Waals surface area contributed by atoms with Gasteiger partial charge in [0.1, 0.15) is 0 Å². The van der Waals surface area contributed by atoms with E-state index in [0.29, 0.717) is 60.2 Å². The Labute approximate surface area is 189 Å². The summed E-state index contributed by atoms with van der Waals surface area (Å²) in [5, 5.41) is 5.55. The number of amides is 3. The molecule has 1 fully saturated rings. The van der Waals surface area contributed by atoms with Gasteiger partial charge in [-0.05, 0) is 43.2 Å². The minimum absolute atomic E-state index is 0.0860. The maximum Gasteiger partial charge on any atom is 0.251 e. The highest BCUT2D eigenvalue weighted by molar-refractivity contribution is 5.97. The standard InChI is InChI=1S/C23H23N3O7/c27-21(11-24-22(28)15-1-3-17-19(9-15)32-12-30-17)26-7-5-14(6-8-26)23(29)25-16-2-4-18-20(10-16)33-13-31-18/h1-4,9-10,14H,5-8,11-13H2,(H,24,28)(H,25,29). The molecule has 0 aromatic heterocycles. The van der Waals surface area contributed by atoms with Crippen molar-refractivity contribution in [2.75, 3.05) is 38.5 Å². The molecular formula is C23H23N3O7. The number of nitrogens with zero attached hydrogens (tertiary/aromatic N) is 1. The van der Waals surface area contributed by atoms with E-state index in [0.717, 1.165) is 0 Å². The van der Waals surface area contributed by atoms with Crippen LogP contribution in [0.25, 0.3) is 0 Å². The third-order valence-corrected chi connectivity index (χ3v) is 5.89. The van der Waals surface area contributed by atoms with Crippen molar-refractivity contribution in [3.63, 3.8) is 0 Å². The van der Waals surface area contributed by atoms with E-state index >= 15 is 0 Å². The predicted molar refractivity (Wildman–Crippen MR) is 115 cm³/mol. The van der Waals surface area contributed by atoms with Crippen molar-refractivity contribution in [2.45, 2.75) is 12.8 Å². The summed E-state index contributed by atoms with van der Waals surface area (Å²) < 4.78 is 21.1. The average Bonchev–Trinajstić information content (AvgIpc) is 3.50. The van der Waals surface area contributed by atoms with Gasteiger partial charge in [-0.2, -0.15) is 0 Å². The fraction of sp³-hybridized carbons (Fsp3) is 0.348. The first-order chi connectivity index (χ1) is 16.1. The van der Waals surface area contributed by atoms with Gasteiger partial charge in [-0.15, -0.1) is 0 Å². The number of hydrogen-bond acceptors (Lipinski definition) is 7. The highest BCUT2D eigenvalue weighted by Gasteiger charge is 2.28. The summed E-state index contributed by atoms with van der Waals surface area (Å²) in [5.41, 5.74) is 1.04. The Balaban J connectivity index is 1.08. The van der Waals surface area contributed by atoms with Crippen molar-refractivity contribution in [3.8, 4) is 23.0 Å². The summed E-state index contributed by atoms with van der Waals surface area (Å²) in [5.74, 6) is 1.54. The van der Waals surface area contributed by atoms with Gasteiger partial charge in [0.15, 0.2) is 23.0 Å². The molecule has 0 radical (unpaired) electrons. The molecule has 0 spiro atoms. The van der Waals surface area contributed by atoms with Gasteiger partial charge in [0, 0.05) is 36.3 Å². The van der Waals surface area contributed by atoms with Crippen molar-refractivity contribution in [3.05, 3.63) is 42.0 Å². The highest BCUT2D eigenvalue weighted by Crippen LogP contribution is 2.35. The molecule has 10 heteroatoms. The van der Waals surface area contributed by atoms with Gasteiger partial charge >= 0.3 is 0 Å². The summed E-state index contributed by atoms with van der Waals surface area (Å²) in [4.78, 5) is 39.2. The fourth-order valence-electron chi connectivity index (χ4n) is 4.02. The minimum atomic E-state index is -0.361. The molecule has 2 N–H and O–H groups in total. The maximum absolute atomic E-state index is 12.6. The SMILES string of the molecule is O=C(NCC(=O)N1CCC(C(=O)Nc2ccc3c(c2)OCO3)CC1)c1ccc2c(c1)OCO2. The van der Waals surface area contributed by atoms with E-state index in [4.69, 9.17) is 18.9 Å². The van der Waals surface area contributed by atoms with E-state index in [2.05, 4.69) is 10.6 Å². The molecule has 0 unspecified atom stereocenters. The Kier molecular flexibility index (Phi) is 5.64. The van der Waals surface area contributed by atoms with E-state index in [-0.39, 0.29) is 43.8 Å². The van der Waals surface area contributed by atoms with E-state index in [9.17, 15) is 14.4 Å². The number of hydrogen-bond donors (Lipinski definition) is 2. The summed E-state index contributed by atoms with van der Waals surface area (Å²) in [6.07, 6.45) is 1.11. The summed E-state index contributed by atoms with van der Waals surface area (Å²) in [7, 11) is 0. The van der Waals surface area contributed by atoms with Crippen molar-refractivity contribution in [2.24, 2.45) is 5.92 Å². The van der Waals surface area contributed by atoms with Crippen LogP contribution in [-0.4, -0.2) is 55.8 Å². The lowest BCUT2D eigenvalue weighted by Crippen LogP contribution is -2.45. The molecule has 5 rings (SSSR count). The highest BCUT2D eigenvalue weighted by atomic mass is 16.7. The van der Waals surface area contributed by atoms with Gasteiger partial charge in [-0.1, -0.05) is 0 Å². The van der Waals surface area contributed by atoms with E-state index in [1.54, 1.807) is 41.3 Å². The van der Waals surface area contributed by atoms with Crippen molar-refractivity contribution in [1.29, 1.82) is 0 Å². The first-order valence-corrected chi connectivity index (χ1v) is 10.7. The van der Waals surface area contributed by atoms with E-state index in [1.165, 1.54) is 0 Å². The molecule has 3 amide bonds. The second-order valence-corrected chi connectivity index (χ2v) is 7.96. The zero-order valence-corrected chi connectivity index (χ0v) is 17.8. The number of ether oxygens (including phenoxy) is 4. The van der Waals surface area contributed by atoms with Crippen LogP contribution in [0, 0.1) is 5.92 Å². The van der Waals surface area contributed by atoms with Crippen LogP contribution in [-0.2, 0) is 9.59 Å². The normalized spacial score (nSPS) is 16.4. The van der Waals surface area contributed by atoms with Crippen LogP contribution in [0.5, 0.6) is 23.0 Å². The molecular weight excluding hydrogens is 430 g/mol. The Morgan fingerprint density at radius 1 is 0.848 bits per heavy atom. The predicted octanol–water partition coefficient (Wildman–Crippen LogP) is 1.75. The lowest BCUT2D eigenvalue weighted by atomic mass is 9.95. The molecule has 172 valence electrons. The van der Waals surface area contributed by atoms with Crippen LogP contribution in [0.15, 0.2) is 36.4 Å². The smallest absolute Gasteiger partial charge is 0.251 e. The number of benzene rings is 2. The fourth-order valence-corrected chi connectivity index (χ4v) is 4.02. The minimum Gasteiger partial charge on any atom is -0.454 e. The molecule has 0 bridgehead atoms. The third kappa shape index (κ3) is 4.50. The Morgan fingerprint density at radius 3 is 2.21 bits per heavy atom. The largest absolute Gasteiger partial charge is 0.454 e. The summed E-state index contributed by atoms with van der Waals surface area (Å²) in [6.45, 7) is 1.11. The Bertz CT molecular complexity index is 1100. The first-order valence-electron chi connectivity index (χ1n) is 10.7. The number of likely N-dealkylation sites (tertiary alicyclic amines) is 1. The lowest BCUT2D eigenvalue weighted by molar-refractivity contribution is -0.133.